The number of rotatable bonds is 6. The normalized spacial score (nSPS) is 11.0. The van der Waals surface area contributed by atoms with E-state index in [9.17, 15) is 4.57 Å². The number of nitrogens with two attached hydrogens (primary N) is 1. The zero-order valence-corrected chi connectivity index (χ0v) is 17.5. The lowest BCUT2D eigenvalue weighted by atomic mass is 10.1. The maximum Gasteiger partial charge on any atom is 0.297 e. The third kappa shape index (κ3) is 4.19. The van der Waals surface area contributed by atoms with Crippen LogP contribution in [0.2, 0.25) is 0 Å². The second-order valence-corrected chi connectivity index (χ2v) is 8.23. The first kappa shape index (κ1) is 19.5. The van der Waals surface area contributed by atoms with Gasteiger partial charge in [-0.25, -0.2) is 20.2 Å². The highest BCUT2D eigenvalue weighted by Gasteiger charge is 2.13. The summed E-state index contributed by atoms with van der Waals surface area (Å²) in [5.74, 6) is 6.62. The number of aromatic nitrogens is 1. The average Bonchev–Trinajstić information content (AvgIpc) is 2.99. The molecule has 0 radical (unpaired) electrons. The van der Waals surface area contributed by atoms with Gasteiger partial charge in [0.25, 0.3) is 8.61 Å². The summed E-state index contributed by atoms with van der Waals surface area (Å²) in [4.78, 5) is 5.86. The molecular weight excluding hydrogens is 377 g/mol. The minimum atomic E-state index is -0.259. The highest BCUT2D eigenvalue weighted by Crippen LogP contribution is 2.32. The third-order valence-electron chi connectivity index (χ3n) is 4.54. The quantitative estimate of drug-likeness (QED) is 0.336. The van der Waals surface area contributed by atoms with Gasteiger partial charge in [-0.15, -0.1) is 11.3 Å². The smallest absolute Gasteiger partial charge is 0.297 e. The SMILES string of the molecule is Cc1cc(-c2nc(C)c(C)s2)ccc1OCc1c(C)cccc1N(N)P=O. The second-order valence-electron chi connectivity index (χ2n) is 6.43. The number of ether oxygens (including phenoxy) is 1. The van der Waals surface area contributed by atoms with Crippen molar-refractivity contribution in [2.75, 3.05) is 4.78 Å². The van der Waals surface area contributed by atoms with E-state index in [4.69, 9.17) is 10.6 Å². The van der Waals surface area contributed by atoms with Crippen molar-refractivity contribution in [3.8, 4) is 16.3 Å². The minimum absolute atomic E-state index is 0.259. The first-order valence-electron chi connectivity index (χ1n) is 8.55. The molecule has 1 aromatic heterocycles. The van der Waals surface area contributed by atoms with Crippen LogP contribution >= 0.6 is 19.9 Å². The van der Waals surface area contributed by atoms with Crippen LogP contribution in [0.5, 0.6) is 5.75 Å². The van der Waals surface area contributed by atoms with E-state index in [0.29, 0.717) is 12.3 Å². The molecule has 0 amide bonds. The molecule has 0 fully saturated rings. The molecular formula is C20H22N3O2PS. The Bertz CT molecular complexity index is 968. The number of thiazole rings is 1. The number of benzene rings is 2. The summed E-state index contributed by atoms with van der Waals surface area (Å²) in [6.07, 6.45) is 0. The van der Waals surface area contributed by atoms with Crippen molar-refractivity contribution in [3.05, 3.63) is 63.7 Å². The number of hydrogen-bond acceptors (Lipinski definition) is 5. The predicted octanol–water partition coefficient (Wildman–Crippen LogP) is 5.51. The number of hydrazine groups is 1. The molecule has 0 unspecified atom stereocenters. The van der Waals surface area contributed by atoms with E-state index >= 15 is 0 Å². The van der Waals surface area contributed by atoms with Crippen LogP contribution in [0.25, 0.3) is 10.6 Å². The van der Waals surface area contributed by atoms with Gasteiger partial charge in [-0.05, 0) is 63.1 Å². The Morgan fingerprint density at radius 3 is 2.56 bits per heavy atom. The van der Waals surface area contributed by atoms with E-state index in [-0.39, 0.29) is 8.61 Å². The average molecular weight is 399 g/mol. The van der Waals surface area contributed by atoms with Gasteiger partial charge >= 0.3 is 0 Å². The first-order valence-corrected chi connectivity index (χ1v) is 10.1. The Morgan fingerprint density at radius 2 is 1.93 bits per heavy atom. The molecule has 3 aromatic rings. The van der Waals surface area contributed by atoms with Crippen molar-refractivity contribution in [3.63, 3.8) is 0 Å². The molecule has 0 spiro atoms. The molecule has 0 aliphatic rings. The van der Waals surface area contributed by atoms with Crippen LogP contribution in [0.15, 0.2) is 36.4 Å². The van der Waals surface area contributed by atoms with Crippen molar-refractivity contribution < 1.29 is 9.30 Å². The fourth-order valence-corrected chi connectivity index (χ4v) is 4.01. The maximum absolute atomic E-state index is 11.1. The van der Waals surface area contributed by atoms with E-state index < -0.39 is 0 Å². The number of hydrogen-bond donors (Lipinski definition) is 1. The topological polar surface area (TPSA) is 68.4 Å². The molecule has 0 atom stereocenters. The Morgan fingerprint density at radius 1 is 1.15 bits per heavy atom. The molecule has 0 aliphatic heterocycles. The molecule has 27 heavy (non-hydrogen) atoms. The van der Waals surface area contributed by atoms with Crippen LogP contribution in [-0.2, 0) is 11.2 Å². The Kier molecular flexibility index (Phi) is 5.90. The van der Waals surface area contributed by atoms with Crippen LogP contribution in [0, 0.1) is 27.7 Å². The number of anilines is 1. The van der Waals surface area contributed by atoms with Gasteiger partial charge < -0.3 is 4.74 Å². The van der Waals surface area contributed by atoms with Crippen LogP contribution < -0.4 is 15.4 Å². The lowest BCUT2D eigenvalue weighted by Gasteiger charge is -2.18. The monoisotopic (exact) mass is 399 g/mol. The van der Waals surface area contributed by atoms with Crippen LogP contribution in [0.4, 0.5) is 5.69 Å². The van der Waals surface area contributed by atoms with Gasteiger partial charge in [0.1, 0.15) is 17.4 Å². The Balaban J connectivity index is 1.82. The maximum atomic E-state index is 11.1. The molecule has 2 N–H and O–H groups in total. The van der Waals surface area contributed by atoms with Gasteiger partial charge in [0.2, 0.25) is 0 Å². The summed E-state index contributed by atoms with van der Waals surface area (Å²) in [6.45, 7) is 8.47. The van der Waals surface area contributed by atoms with Gasteiger partial charge in [0, 0.05) is 16.0 Å². The van der Waals surface area contributed by atoms with Gasteiger partial charge in [-0.1, -0.05) is 12.1 Å². The third-order valence-corrected chi connectivity index (χ3v) is 6.06. The fraction of sp³-hybridized carbons (Fsp3) is 0.250. The van der Waals surface area contributed by atoms with E-state index in [1.165, 1.54) is 9.66 Å². The van der Waals surface area contributed by atoms with E-state index in [1.807, 2.05) is 51.1 Å². The van der Waals surface area contributed by atoms with Gasteiger partial charge in [-0.3, -0.25) is 0 Å². The molecule has 1 heterocycles. The molecule has 2 aromatic carbocycles. The van der Waals surface area contributed by atoms with Crippen LogP contribution in [0.1, 0.15) is 27.3 Å². The molecule has 3 rings (SSSR count). The molecule has 0 saturated heterocycles. The van der Waals surface area contributed by atoms with Crippen molar-refractivity contribution in [2.24, 2.45) is 5.84 Å². The van der Waals surface area contributed by atoms with Crippen LogP contribution in [-0.4, -0.2) is 4.98 Å². The summed E-state index contributed by atoms with van der Waals surface area (Å²) >= 11 is 1.70. The van der Waals surface area contributed by atoms with Gasteiger partial charge in [0.15, 0.2) is 0 Å². The van der Waals surface area contributed by atoms with Crippen molar-refractivity contribution in [1.82, 2.24) is 4.98 Å². The molecule has 5 nitrogen and oxygen atoms in total. The van der Waals surface area contributed by atoms with E-state index in [0.717, 1.165) is 38.7 Å². The Hall–Kier alpha value is -2.27. The standard InChI is InChI=1S/C20H22N3O2PS/c1-12-6-5-7-18(23(21)26-24)17(12)11-25-19-9-8-16(10-13(19)2)20-22-14(3)15(4)27-20/h5-10H,11,21H2,1-4H3. The van der Waals surface area contributed by atoms with E-state index in [2.05, 4.69) is 18.0 Å². The van der Waals surface area contributed by atoms with Crippen molar-refractivity contribution in [1.29, 1.82) is 0 Å². The molecule has 0 saturated carbocycles. The fourth-order valence-electron chi connectivity index (χ4n) is 2.82. The second kappa shape index (κ2) is 8.17. The zero-order valence-electron chi connectivity index (χ0n) is 15.8. The largest absolute Gasteiger partial charge is 0.489 e. The number of aryl methyl sites for hydroxylation is 4. The number of nitrogens with zero attached hydrogens (tertiary/aromatic N) is 2. The molecule has 0 aliphatic carbocycles. The lowest BCUT2D eigenvalue weighted by Crippen LogP contribution is -2.21. The molecule has 7 heteroatoms. The lowest BCUT2D eigenvalue weighted by molar-refractivity contribution is 0.304. The van der Waals surface area contributed by atoms with Crippen molar-refractivity contribution in [2.45, 2.75) is 34.3 Å². The highest BCUT2D eigenvalue weighted by atomic mass is 32.1. The molecule has 140 valence electrons. The highest BCUT2D eigenvalue weighted by molar-refractivity contribution is 7.25. The summed E-state index contributed by atoms with van der Waals surface area (Å²) < 4.78 is 18.4. The molecule has 0 bridgehead atoms. The summed E-state index contributed by atoms with van der Waals surface area (Å²) in [6, 6.07) is 11.8. The summed E-state index contributed by atoms with van der Waals surface area (Å²) in [5.41, 5.74) is 5.85. The van der Waals surface area contributed by atoms with Gasteiger partial charge in [0.05, 0.1) is 11.4 Å². The van der Waals surface area contributed by atoms with Crippen LogP contribution in [0.3, 0.4) is 0 Å². The van der Waals surface area contributed by atoms with Crippen molar-refractivity contribution >= 4 is 25.6 Å². The predicted molar refractivity (Wildman–Crippen MR) is 112 cm³/mol. The zero-order chi connectivity index (χ0) is 19.6. The van der Waals surface area contributed by atoms with E-state index in [1.54, 1.807) is 11.3 Å². The first-order chi connectivity index (χ1) is 12.9. The minimum Gasteiger partial charge on any atom is -0.489 e. The summed E-state index contributed by atoms with van der Waals surface area (Å²) in [5, 5.41) is 1.02. The Labute approximate surface area is 165 Å². The summed E-state index contributed by atoms with van der Waals surface area (Å²) in [7, 11) is -0.259. The van der Waals surface area contributed by atoms with Gasteiger partial charge in [-0.2, -0.15) is 0 Å².